The second kappa shape index (κ2) is 8.55. The van der Waals surface area contributed by atoms with Crippen LogP contribution in [0.3, 0.4) is 0 Å². The third kappa shape index (κ3) is 4.12. The number of carbonyl (C=O) groups excluding carboxylic acids is 1. The zero-order valence-electron chi connectivity index (χ0n) is 18.4. The Bertz CT molecular complexity index is 1160. The predicted octanol–water partition coefficient (Wildman–Crippen LogP) is 5.72. The van der Waals surface area contributed by atoms with E-state index in [1.54, 1.807) is 6.26 Å². The van der Waals surface area contributed by atoms with Crippen LogP contribution >= 0.6 is 11.6 Å². The van der Waals surface area contributed by atoms with Gasteiger partial charge in [0.25, 0.3) is 0 Å². The number of furan rings is 1. The number of hydrogen-bond acceptors (Lipinski definition) is 5. The predicted molar refractivity (Wildman–Crippen MR) is 125 cm³/mol. The fraction of sp³-hybridized carbons (Fsp3) is 0.542. The summed E-state index contributed by atoms with van der Waals surface area (Å²) in [6.07, 6.45) is 11.0. The van der Waals surface area contributed by atoms with Crippen LogP contribution in [0.4, 0.5) is 10.5 Å². The molecule has 0 aliphatic heterocycles. The van der Waals surface area contributed by atoms with E-state index in [4.69, 9.17) is 16.0 Å². The normalized spacial score (nSPS) is 22.4. The lowest BCUT2D eigenvalue weighted by Crippen LogP contribution is -2.46. The summed E-state index contributed by atoms with van der Waals surface area (Å²) in [5, 5.41) is 15.7. The van der Waals surface area contributed by atoms with E-state index < -0.39 is 26.9 Å². The van der Waals surface area contributed by atoms with Gasteiger partial charge in [-0.3, -0.25) is 0 Å². The molecule has 9 heteroatoms. The highest BCUT2D eigenvalue weighted by Crippen LogP contribution is 2.56. The van der Waals surface area contributed by atoms with Gasteiger partial charge < -0.3 is 20.2 Å². The van der Waals surface area contributed by atoms with Gasteiger partial charge >= 0.3 is 6.03 Å². The molecule has 3 N–H and O–H groups in total. The van der Waals surface area contributed by atoms with Crippen LogP contribution < -0.4 is 10.6 Å². The van der Waals surface area contributed by atoms with Crippen LogP contribution in [-0.2, 0) is 16.3 Å². The minimum absolute atomic E-state index is 0.0117. The number of urea groups is 1. The number of carbonyl (C=O) groups is 1. The number of sulfone groups is 1. The van der Waals surface area contributed by atoms with Gasteiger partial charge in [-0.1, -0.05) is 30.9 Å². The average molecular weight is 493 g/mol. The molecule has 3 aliphatic rings. The lowest BCUT2D eigenvalue weighted by Gasteiger charge is -2.49. The average Bonchev–Trinajstić information content (AvgIpc) is 3.24. The van der Waals surface area contributed by atoms with Gasteiger partial charge in [-0.05, 0) is 74.1 Å². The van der Waals surface area contributed by atoms with Crippen LogP contribution in [0.15, 0.2) is 33.8 Å². The number of halogens is 1. The maximum Gasteiger partial charge on any atom is 0.319 e. The Morgan fingerprint density at radius 3 is 2.64 bits per heavy atom. The third-order valence-corrected chi connectivity index (χ3v) is 10.3. The van der Waals surface area contributed by atoms with Crippen molar-refractivity contribution >= 4 is 33.2 Å². The highest BCUT2D eigenvalue weighted by molar-refractivity contribution is 7.92. The summed E-state index contributed by atoms with van der Waals surface area (Å²) in [4.78, 5) is 12.4. The quantitative estimate of drug-likeness (QED) is 0.472. The maximum absolute atomic E-state index is 13.4. The smallest absolute Gasteiger partial charge is 0.319 e. The van der Waals surface area contributed by atoms with Crippen molar-refractivity contribution in [1.29, 1.82) is 0 Å². The van der Waals surface area contributed by atoms with Crippen LogP contribution in [0.2, 0.25) is 5.02 Å². The van der Waals surface area contributed by atoms with Crippen LogP contribution in [0, 0.1) is 5.41 Å². The SMILES string of the molecule is O=C(Nc1ccc(Cl)c(S(=O)(=O)C2CC3(CCCCC3)C2)c1O)NC1CCCc2ccoc21. The number of fused-ring (bicyclic) bond motifs is 1. The molecule has 5 rings (SSSR count). The Morgan fingerprint density at radius 1 is 1.12 bits per heavy atom. The van der Waals surface area contributed by atoms with Gasteiger partial charge in [-0.15, -0.1) is 0 Å². The van der Waals surface area contributed by atoms with Crippen LogP contribution in [0.25, 0.3) is 0 Å². The molecule has 1 aromatic heterocycles. The van der Waals surface area contributed by atoms with E-state index in [9.17, 15) is 18.3 Å². The zero-order chi connectivity index (χ0) is 23.2. The molecule has 2 saturated carbocycles. The number of aryl methyl sites for hydroxylation is 1. The van der Waals surface area contributed by atoms with Crippen LogP contribution in [0.1, 0.15) is 75.2 Å². The number of amides is 2. The minimum atomic E-state index is -3.83. The highest BCUT2D eigenvalue weighted by atomic mass is 35.5. The van der Waals surface area contributed by atoms with E-state index in [-0.39, 0.29) is 27.1 Å². The topological polar surface area (TPSA) is 109 Å². The van der Waals surface area contributed by atoms with Gasteiger partial charge in [0.2, 0.25) is 0 Å². The molecule has 7 nitrogen and oxygen atoms in total. The fourth-order valence-electron chi connectivity index (χ4n) is 5.86. The number of phenolic OH excluding ortho intramolecular Hbond substituents is 1. The third-order valence-electron chi connectivity index (χ3n) is 7.63. The van der Waals surface area contributed by atoms with E-state index in [1.807, 2.05) is 6.07 Å². The second-order valence-corrected chi connectivity index (χ2v) is 12.3. The summed E-state index contributed by atoms with van der Waals surface area (Å²) in [5.74, 6) is 0.228. The zero-order valence-corrected chi connectivity index (χ0v) is 20.0. The number of hydrogen-bond donors (Lipinski definition) is 3. The van der Waals surface area contributed by atoms with Crippen molar-refractivity contribution in [2.75, 3.05) is 5.32 Å². The van der Waals surface area contributed by atoms with Crippen LogP contribution in [-0.4, -0.2) is 24.8 Å². The van der Waals surface area contributed by atoms with Crippen molar-refractivity contribution in [2.45, 2.75) is 80.4 Å². The summed E-state index contributed by atoms with van der Waals surface area (Å²) in [5.41, 5.74) is 1.21. The van der Waals surface area contributed by atoms with Crippen LogP contribution in [0.5, 0.6) is 5.75 Å². The molecule has 1 aromatic carbocycles. The molecule has 2 aromatic rings. The Labute approximate surface area is 198 Å². The number of aromatic hydroxyl groups is 1. The summed E-state index contributed by atoms with van der Waals surface area (Å²) < 4.78 is 32.2. The monoisotopic (exact) mass is 492 g/mol. The van der Waals surface area contributed by atoms with Crippen molar-refractivity contribution in [1.82, 2.24) is 5.32 Å². The summed E-state index contributed by atoms with van der Waals surface area (Å²) in [7, 11) is -3.83. The molecule has 0 bridgehead atoms. The van der Waals surface area contributed by atoms with Crippen molar-refractivity contribution in [2.24, 2.45) is 5.41 Å². The molecule has 1 unspecified atom stereocenters. The van der Waals surface area contributed by atoms with E-state index in [1.165, 1.54) is 18.6 Å². The standard InChI is InChI=1S/C24H29ClN2O5S/c25-17-7-8-18(26-23(29)27-19-6-4-5-15-9-12-32-21(15)19)20(28)22(17)33(30,31)16-13-24(14-16)10-2-1-3-11-24/h7-9,12,16,19,28H,1-6,10-11,13-14H2,(H2,26,27,29). The van der Waals surface area contributed by atoms with Gasteiger partial charge in [0, 0.05) is 0 Å². The first-order valence-electron chi connectivity index (χ1n) is 11.7. The van der Waals surface area contributed by atoms with E-state index >= 15 is 0 Å². The highest BCUT2D eigenvalue weighted by Gasteiger charge is 2.51. The van der Waals surface area contributed by atoms with Gasteiger partial charge in [0.05, 0.1) is 28.3 Å². The Morgan fingerprint density at radius 2 is 1.88 bits per heavy atom. The van der Waals surface area contributed by atoms with Crippen molar-refractivity contribution in [3.05, 3.63) is 40.8 Å². The summed E-state index contributed by atoms with van der Waals surface area (Å²) in [6.45, 7) is 0. The number of nitrogens with one attached hydrogen (secondary N) is 2. The number of phenols is 1. The van der Waals surface area contributed by atoms with E-state index in [2.05, 4.69) is 10.6 Å². The van der Waals surface area contributed by atoms with Crippen molar-refractivity contribution in [3.8, 4) is 5.75 Å². The summed E-state index contributed by atoms with van der Waals surface area (Å²) >= 11 is 6.24. The Kier molecular flexibility index (Phi) is 5.85. The van der Waals surface area contributed by atoms with Gasteiger partial charge in [0.1, 0.15) is 10.7 Å². The molecular formula is C24H29ClN2O5S. The number of benzene rings is 1. The van der Waals surface area contributed by atoms with Crippen molar-refractivity contribution in [3.63, 3.8) is 0 Å². The first-order valence-corrected chi connectivity index (χ1v) is 13.6. The van der Waals surface area contributed by atoms with E-state index in [0.29, 0.717) is 12.8 Å². The first kappa shape index (κ1) is 22.6. The molecule has 1 spiro atoms. The molecule has 2 fully saturated rings. The molecule has 3 aliphatic carbocycles. The van der Waals surface area contributed by atoms with Crippen molar-refractivity contribution < 1.29 is 22.7 Å². The second-order valence-electron chi connectivity index (χ2n) is 9.76. The molecule has 0 radical (unpaired) electrons. The molecule has 178 valence electrons. The van der Waals surface area contributed by atoms with Gasteiger partial charge in [0.15, 0.2) is 15.6 Å². The largest absolute Gasteiger partial charge is 0.504 e. The van der Waals surface area contributed by atoms with Gasteiger partial charge in [-0.2, -0.15) is 0 Å². The Balaban J connectivity index is 1.32. The minimum Gasteiger partial charge on any atom is -0.504 e. The Hall–Kier alpha value is -2.19. The molecule has 1 heterocycles. The molecule has 2 amide bonds. The molecule has 0 saturated heterocycles. The lowest BCUT2D eigenvalue weighted by atomic mass is 9.60. The summed E-state index contributed by atoms with van der Waals surface area (Å²) in [6, 6.07) is 3.91. The van der Waals surface area contributed by atoms with Gasteiger partial charge in [-0.25, -0.2) is 13.2 Å². The number of rotatable bonds is 4. The molecule has 1 atom stereocenters. The molecule has 33 heavy (non-hydrogen) atoms. The molecular weight excluding hydrogens is 464 g/mol. The maximum atomic E-state index is 13.4. The first-order chi connectivity index (χ1) is 15.8. The number of anilines is 1. The fourth-order valence-corrected chi connectivity index (χ4v) is 8.54. The van der Waals surface area contributed by atoms with E-state index in [0.717, 1.165) is 56.3 Å². The lowest BCUT2D eigenvalue weighted by molar-refractivity contribution is 0.0811.